The number of ether oxygens (including phenoxy) is 1. The van der Waals surface area contributed by atoms with Crippen LogP contribution in [0.25, 0.3) is 0 Å². The van der Waals surface area contributed by atoms with Crippen LogP contribution in [0.15, 0.2) is 17.0 Å². The summed E-state index contributed by atoms with van der Waals surface area (Å²) in [5.74, 6) is 0.866. The lowest BCUT2D eigenvalue weighted by Crippen LogP contribution is -2.47. The molecule has 4 heteroatoms. The number of oxazole rings is 1. The Hall–Kier alpha value is -0.870. The summed E-state index contributed by atoms with van der Waals surface area (Å²) < 4.78 is 10.7. The molecule has 0 radical (unpaired) electrons. The highest BCUT2D eigenvalue weighted by Gasteiger charge is 2.36. The Morgan fingerprint density at radius 2 is 2.57 bits per heavy atom. The van der Waals surface area contributed by atoms with E-state index in [1.807, 2.05) is 0 Å². The van der Waals surface area contributed by atoms with Crippen LogP contribution in [0, 0.1) is 0 Å². The Labute approximate surface area is 83.7 Å². The van der Waals surface area contributed by atoms with Gasteiger partial charge in [0.2, 0.25) is 0 Å². The van der Waals surface area contributed by atoms with Gasteiger partial charge in [-0.25, -0.2) is 4.98 Å². The molecule has 1 N–H and O–H groups in total. The van der Waals surface area contributed by atoms with Crippen molar-refractivity contribution in [1.29, 1.82) is 0 Å². The second kappa shape index (κ2) is 3.71. The predicted molar refractivity (Wildman–Crippen MR) is 51.8 cm³/mol. The lowest BCUT2D eigenvalue weighted by Gasteiger charge is -2.28. The van der Waals surface area contributed by atoms with Gasteiger partial charge in [0.25, 0.3) is 0 Å². The summed E-state index contributed by atoms with van der Waals surface area (Å²) in [6.45, 7) is 5.83. The maximum atomic E-state index is 5.53. The van der Waals surface area contributed by atoms with Crippen LogP contribution in [0.1, 0.15) is 26.0 Å². The van der Waals surface area contributed by atoms with Gasteiger partial charge < -0.3 is 14.5 Å². The molecule has 0 spiro atoms. The monoisotopic (exact) mass is 196 g/mol. The van der Waals surface area contributed by atoms with E-state index < -0.39 is 0 Å². The molecule has 1 aromatic rings. The van der Waals surface area contributed by atoms with Crippen molar-refractivity contribution >= 4 is 0 Å². The summed E-state index contributed by atoms with van der Waals surface area (Å²) in [5, 5.41) is 3.45. The number of nitrogens with one attached hydrogen (secondary N) is 1. The molecule has 2 atom stereocenters. The van der Waals surface area contributed by atoms with Gasteiger partial charge in [0, 0.05) is 12.1 Å². The van der Waals surface area contributed by atoms with Crippen molar-refractivity contribution in [3.8, 4) is 0 Å². The first kappa shape index (κ1) is 9.68. The molecule has 0 amide bonds. The standard InChI is InChI=1S/C10H16N2O2/c1-8-10(2,3-4-13-8)12-6-9-5-11-7-14-9/h5,7-8,12H,3-4,6H2,1-2H3. The molecule has 1 saturated heterocycles. The van der Waals surface area contributed by atoms with Crippen LogP contribution >= 0.6 is 0 Å². The van der Waals surface area contributed by atoms with Crippen molar-refractivity contribution < 1.29 is 9.15 Å². The van der Waals surface area contributed by atoms with E-state index in [0.717, 1.165) is 18.8 Å². The molecule has 1 aliphatic rings. The van der Waals surface area contributed by atoms with E-state index in [1.165, 1.54) is 6.39 Å². The number of rotatable bonds is 3. The van der Waals surface area contributed by atoms with Gasteiger partial charge in [0.05, 0.1) is 18.8 Å². The van der Waals surface area contributed by atoms with Gasteiger partial charge in [-0.05, 0) is 20.3 Å². The minimum Gasteiger partial charge on any atom is -0.447 e. The lowest BCUT2D eigenvalue weighted by molar-refractivity contribution is 0.0874. The molecule has 1 aliphatic heterocycles. The number of nitrogens with zero attached hydrogens (tertiary/aromatic N) is 1. The van der Waals surface area contributed by atoms with E-state index in [4.69, 9.17) is 9.15 Å². The Bertz CT molecular complexity index is 286. The van der Waals surface area contributed by atoms with E-state index in [9.17, 15) is 0 Å². The first-order chi connectivity index (χ1) is 6.71. The minimum absolute atomic E-state index is 0.0623. The molecule has 78 valence electrons. The van der Waals surface area contributed by atoms with Crippen molar-refractivity contribution in [2.75, 3.05) is 6.61 Å². The zero-order valence-electron chi connectivity index (χ0n) is 8.62. The first-order valence-corrected chi connectivity index (χ1v) is 4.95. The van der Waals surface area contributed by atoms with Crippen LogP contribution in [0.4, 0.5) is 0 Å². The topological polar surface area (TPSA) is 47.3 Å². The highest BCUT2D eigenvalue weighted by Crippen LogP contribution is 2.25. The van der Waals surface area contributed by atoms with Crippen molar-refractivity contribution in [2.45, 2.75) is 38.5 Å². The summed E-state index contributed by atoms with van der Waals surface area (Å²) >= 11 is 0. The molecule has 1 aromatic heterocycles. The number of hydrogen-bond acceptors (Lipinski definition) is 4. The Balaban J connectivity index is 1.91. The normalized spacial score (nSPS) is 32.3. The third-order valence-electron chi connectivity index (χ3n) is 3.04. The fraction of sp³-hybridized carbons (Fsp3) is 0.700. The predicted octanol–water partition coefficient (Wildman–Crippen LogP) is 1.33. The highest BCUT2D eigenvalue weighted by atomic mass is 16.5. The zero-order valence-corrected chi connectivity index (χ0v) is 8.62. The smallest absolute Gasteiger partial charge is 0.180 e. The van der Waals surface area contributed by atoms with Crippen LogP contribution in [0.3, 0.4) is 0 Å². The van der Waals surface area contributed by atoms with E-state index >= 15 is 0 Å². The fourth-order valence-corrected chi connectivity index (χ4v) is 1.69. The lowest BCUT2D eigenvalue weighted by atomic mass is 9.95. The fourth-order valence-electron chi connectivity index (χ4n) is 1.69. The molecule has 0 aliphatic carbocycles. The quantitative estimate of drug-likeness (QED) is 0.792. The van der Waals surface area contributed by atoms with E-state index in [0.29, 0.717) is 6.54 Å². The largest absolute Gasteiger partial charge is 0.447 e. The van der Waals surface area contributed by atoms with Crippen molar-refractivity contribution in [2.24, 2.45) is 0 Å². The molecule has 14 heavy (non-hydrogen) atoms. The SMILES string of the molecule is CC1OCCC1(C)NCc1cnco1. The van der Waals surface area contributed by atoms with Crippen molar-refractivity contribution in [1.82, 2.24) is 10.3 Å². The molecule has 1 fully saturated rings. The Morgan fingerprint density at radius 1 is 1.71 bits per heavy atom. The maximum absolute atomic E-state index is 5.53. The van der Waals surface area contributed by atoms with Gasteiger partial charge in [0.15, 0.2) is 6.39 Å². The van der Waals surface area contributed by atoms with Gasteiger partial charge in [0.1, 0.15) is 5.76 Å². The second-order valence-corrected chi connectivity index (χ2v) is 4.00. The highest BCUT2D eigenvalue weighted by molar-refractivity contribution is 4.96. The van der Waals surface area contributed by atoms with E-state index in [-0.39, 0.29) is 11.6 Å². The van der Waals surface area contributed by atoms with Crippen LogP contribution < -0.4 is 5.32 Å². The molecule has 0 aromatic carbocycles. The summed E-state index contributed by atoms with van der Waals surface area (Å²) in [4.78, 5) is 3.87. The third-order valence-corrected chi connectivity index (χ3v) is 3.04. The summed E-state index contributed by atoms with van der Waals surface area (Å²) in [5.41, 5.74) is 0.0623. The summed E-state index contributed by atoms with van der Waals surface area (Å²) in [6.07, 6.45) is 4.48. The third kappa shape index (κ3) is 1.81. The van der Waals surface area contributed by atoms with Gasteiger partial charge >= 0.3 is 0 Å². The van der Waals surface area contributed by atoms with Gasteiger partial charge in [-0.2, -0.15) is 0 Å². The number of hydrogen-bond donors (Lipinski definition) is 1. The average molecular weight is 196 g/mol. The van der Waals surface area contributed by atoms with E-state index in [1.54, 1.807) is 6.20 Å². The van der Waals surface area contributed by atoms with Crippen molar-refractivity contribution in [3.05, 3.63) is 18.4 Å². The Kier molecular flexibility index (Phi) is 2.56. The minimum atomic E-state index is 0.0623. The van der Waals surface area contributed by atoms with Gasteiger partial charge in [-0.15, -0.1) is 0 Å². The average Bonchev–Trinajstić information content (AvgIpc) is 2.75. The van der Waals surface area contributed by atoms with Crippen LogP contribution in [0.5, 0.6) is 0 Å². The summed E-state index contributed by atoms with van der Waals surface area (Å²) in [6, 6.07) is 0. The second-order valence-electron chi connectivity index (χ2n) is 4.00. The molecular weight excluding hydrogens is 180 g/mol. The molecule has 0 bridgehead atoms. The van der Waals surface area contributed by atoms with E-state index in [2.05, 4.69) is 24.1 Å². The molecule has 2 unspecified atom stereocenters. The van der Waals surface area contributed by atoms with Crippen LogP contribution in [0.2, 0.25) is 0 Å². The molecule has 4 nitrogen and oxygen atoms in total. The number of aromatic nitrogens is 1. The molecular formula is C10H16N2O2. The first-order valence-electron chi connectivity index (χ1n) is 4.95. The molecule has 2 rings (SSSR count). The van der Waals surface area contributed by atoms with Crippen LogP contribution in [-0.4, -0.2) is 23.2 Å². The van der Waals surface area contributed by atoms with Crippen molar-refractivity contribution in [3.63, 3.8) is 0 Å². The van der Waals surface area contributed by atoms with Gasteiger partial charge in [-0.1, -0.05) is 0 Å². The summed E-state index contributed by atoms with van der Waals surface area (Å²) in [7, 11) is 0. The maximum Gasteiger partial charge on any atom is 0.180 e. The molecule has 0 saturated carbocycles. The Morgan fingerprint density at radius 3 is 3.14 bits per heavy atom. The molecule has 2 heterocycles. The van der Waals surface area contributed by atoms with Crippen LogP contribution in [-0.2, 0) is 11.3 Å². The van der Waals surface area contributed by atoms with Gasteiger partial charge in [-0.3, -0.25) is 0 Å². The zero-order chi connectivity index (χ0) is 10.0.